The molecule has 0 atom stereocenters. The Morgan fingerprint density at radius 2 is 2.05 bits per heavy atom. The van der Waals surface area contributed by atoms with Gasteiger partial charge in [0.1, 0.15) is 5.82 Å². The maximum Gasteiger partial charge on any atom is 0.272 e. The number of hydrogen-bond donors (Lipinski definition) is 2. The molecule has 1 aromatic heterocycles. The van der Waals surface area contributed by atoms with Gasteiger partial charge in [0, 0.05) is 19.0 Å². The monoisotopic (exact) mass is 298 g/mol. The fraction of sp³-hybridized carbons (Fsp3) is 0.188. The van der Waals surface area contributed by atoms with Gasteiger partial charge in [0.2, 0.25) is 5.91 Å². The van der Waals surface area contributed by atoms with Crippen molar-refractivity contribution in [1.82, 2.24) is 15.1 Å². The van der Waals surface area contributed by atoms with E-state index >= 15 is 0 Å². The van der Waals surface area contributed by atoms with Crippen LogP contribution in [0, 0.1) is 0 Å². The van der Waals surface area contributed by atoms with Crippen LogP contribution in [0.25, 0.3) is 5.69 Å². The zero-order valence-electron chi connectivity index (χ0n) is 12.4. The summed E-state index contributed by atoms with van der Waals surface area (Å²) in [6.07, 6.45) is 1.93. The molecule has 6 nitrogen and oxygen atoms in total. The number of aromatic nitrogens is 2. The largest absolute Gasteiger partial charge is 0.347 e. The first-order valence-corrected chi connectivity index (χ1v) is 7.00. The van der Waals surface area contributed by atoms with Crippen LogP contribution in [0.1, 0.15) is 23.8 Å². The summed E-state index contributed by atoms with van der Waals surface area (Å²) in [5.74, 6) is -0.00138. The number of nitrogens with one attached hydrogen (secondary N) is 2. The van der Waals surface area contributed by atoms with Crippen molar-refractivity contribution in [2.75, 3.05) is 11.9 Å². The Balaban J connectivity index is 2.37. The first-order chi connectivity index (χ1) is 10.7. The molecule has 0 aliphatic rings. The molecule has 2 rings (SSSR count). The highest BCUT2D eigenvalue weighted by atomic mass is 16.2. The maximum absolute atomic E-state index is 12.0. The summed E-state index contributed by atoms with van der Waals surface area (Å²) in [7, 11) is 0. The zero-order valence-corrected chi connectivity index (χ0v) is 12.4. The molecule has 0 saturated carbocycles. The second kappa shape index (κ2) is 7.21. The molecule has 0 unspecified atom stereocenters. The third kappa shape index (κ3) is 3.60. The van der Waals surface area contributed by atoms with Crippen LogP contribution in [0.2, 0.25) is 0 Å². The van der Waals surface area contributed by atoms with Crippen molar-refractivity contribution >= 4 is 17.6 Å². The van der Waals surface area contributed by atoms with E-state index in [4.69, 9.17) is 0 Å². The van der Waals surface area contributed by atoms with Gasteiger partial charge in [-0.3, -0.25) is 9.59 Å². The molecule has 6 heteroatoms. The van der Waals surface area contributed by atoms with Gasteiger partial charge in [-0.15, -0.1) is 6.58 Å². The fourth-order valence-electron chi connectivity index (χ4n) is 1.83. The van der Waals surface area contributed by atoms with E-state index in [1.54, 1.807) is 19.1 Å². The van der Waals surface area contributed by atoms with Gasteiger partial charge in [-0.05, 0) is 12.1 Å². The summed E-state index contributed by atoms with van der Waals surface area (Å²) >= 11 is 0. The number of para-hydroxylation sites is 1. The van der Waals surface area contributed by atoms with Crippen molar-refractivity contribution in [1.29, 1.82) is 0 Å². The van der Waals surface area contributed by atoms with E-state index in [2.05, 4.69) is 22.3 Å². The average molecular weight is 298 g/mol. The molecule has 1 heterocycles. The Morgan fingerprint density at radius 3 is 2.68 bits per heavy atom. The summed E-state index contributed by atoms with van der Waals surface area (Å²) < 4.78 is 1.54. The highest BCUT2D eigenvalue weighted by Crippen LogP contribution is 2.17. The number of benzene rings is 1. The van der Waals surface area contributed by atoms with E-state index in [1.807, 2.05) is 30.3 Å². The Morgan fingerprint density at radius 1 is 1.32 bits per heavy atom. The second-order valence-corrected chi connectivity index (χ2v) is 4.56. The molecule has 0 bridgehead atoms. The van der Waals surface area contributed by atoms with E-state index in [-0.39, 0.29) is 17.5 Å². The van der Waals surface area contributed by atoms with Gasteiger partial charge in [-0.25, -0.2) is 4.68 Å². The highest BCUT2D eigenvalue weighted by Gasteiger charge is 2.16. The Labute approximate surface area is 128 Å². The predicted octanol–water partition coefficient (Wildman–Crippen LogP) is 2.14. The number of anilines is 1. The molecule has 0 saturated heterocycles. The molecule has 22 heavy (non-hydrogen) atoms. The van der Waals surface area contributed by atoms with Gasteiger partial charge in [-0.2, -0.15) is 5.10 Å². The van der Waals surface area contributed by atoms with Crippen LogP contribution >= 0.6 is 0 Å². The number of carbonyl (C=O) groups excluding carboxylic acids is 2. The predicted molar refractivity (Wildman–Crippen MR) is 85.0 cm³/mol. The molecule has 0 spiro atoms. The normalized spacial score (nSPS) is 10.0. The maximum atomic E-state index is 12.0. The first kappa shape index (κ1) is 15.5. The molecule has 1 aromatic carbocycles. The topological polar surface area (TPSA) is 76.0 Å². The SMILES string of the molecule is C=CCNC(=O)c1cc(NC(=O)CC)n(-c2ccccc2)n1. The second-order valence-electron chi connectivity index (χ2n) is 4.56. The number of amides is 2. The number of nitrogens with zero attached hydrogens (tertiary/aromatic N) is 2. The third-order valence-electron chi connectivity index (χ3n) is 2.94. The number of rotatable bonds is 6. The Bertz CT molecular complexity index is 677. The van der Waals surface area contributed by atoms with Crippen molar-refractivity contribution in [3.05, 3.63) is 54.7 Å². The zero-order chi connectivity index (χ0) is 15.9. The summed E-state index contributed by atoms with van der Waals surface area (Å²) in [6, 6.07) is 10.9. The highest BCUT2D eigenvalue weighted by molar-refractivity contribution is 5.95. The van der Waals surface area contributed by atoms with Crippen molar-refractivity contribution in [3.63, 3.8) is 0 Å². The van der Waals surface area contributed by atoms with Crippen LogP contribution in [0.15, 0.2) is 49.1 Å². The van der Waals surface area contributed by atoms with Crippen LogP contribution in [-0.4, -0.2) is 28.1 Å². The average Bonchev–Trinajstić information content (AvgIpc) is 2.97. The molecule has 0 radical (unpaired) electrons. The lowest BCUT2D eigenvalue weighted by Crippen LogP contribution is -2.23. The lowest BCUT2D eigenvalue weighted by atomic mass is 10.3. The minimum Gasteiger partial charge on any atom is -0.347 e. The van der Waals surface area contributed by atoms with Gasteiger partial charge in [0.05, 0.1) is 5.69 Å². The Hall–Kier alpha value is -2.89. The van der Waals surface area contributed by atoms with Crippen molar-refractivity contribution in [2.24, 2.45) is 0 Å². The van der Waals surface area contributed by atoms with E-state index in [9.17, 15) is 9.59 Å². The molecule has 2 aromatic rings. The van der Waals surface area contributed by atoms with Crippen LogP contribution in [-0.2, 0) is 4.79 Å². The van der Waals surface area contributed by atoms with Gasteiger partial charge in [0.25, 0.3) is 5.91 Å². The van der Waals surface area contributed by atoms with Crippen LogP contribution in [0.5, 0.6) is 0 Å². The quantitative estimate of drug-likeness (QED) is 0.802. The van der Waals surface area contributed by atoms with Gasteiger partial charge >= 0.3 is 0 Å². The first-order valence-electron chi connectivity index (χ1n) is 7.00. The fourth-order valence-corrected chi connectivity index (χ4v) is 1.83. The smallest absolute Gasteiger partial charge is 0.272 e. The molecule has 0 aliphatic heterocycles. The van der Waals surface area contributed by atoms with Gasteiger partial charge < -0.3 is 10.6 Å². The minimum atomic E-state index is -0.318. The summed E-state index contributed by atoms with van der Waals surface area (Å²) in [5.41, 5.74) is 0.994. The molecule has 114 valence electrons. The van der Waals surface area contributed by atoms with E-state index < -0.39 is 0 Å². The summed E-state index contributed by atoms with van der Waals surface area (Å²) in [4.78, 5) is 23.7. The number of hydrogen-bond acceptors (Lipinski definition) is 3. The van der Waals surface area contributed by atoms with E-state index in [0.29, 0.717) is 18.8 Å². The lowest BCUT2D eigenvalue weighted by Gasteiger charge is -2.07. The van der Waals surface area contributed by atoms with Crippen LogP contribution in [0.4, 0.5) is 5.82 Å². The van der Waals surface area contributed by atoms with Crippen molar-refractivity contribution in [3.8, 4) is 5.69 Å². The van der Waals surface area contributed by atoms with Crippen LogP contribution < -0.4 is 10.6 Å². The molecule has 2 amide bonds. The molecule has 2 N–H and O–H groups in total. The number of carbonyl (C=O) groups is 2. The third-order valence-corrected chi connectivity index (χ3v) is 2.94. The van der Waals surface area contributed by atoms with Crippen LogP contribution in [0.3, 0.4) is 0 Å². The standard InChI is InChI=1S/C16H18N4O2/c1-3-10-17-16(22)13-11-14(18-15(21)4-2)20(19-13)12-8-6-5-7-9-12/h3,5-9,11H,1,4,10H2,2H3,(H,17,22)(H,18,21). The van der Waals surface area contributed by atoms with E-state index in [0.717, 1.165) is 5.69 Å². The van der Waals surface area contributed by atoms with Gasteiger partial charge in [-0.1, -0.05) is 31.2 Å². The molecular formula is C16H18N4O2. The summed E-state index contributed by atoms with van der Waals surface area (Å²) in [6.45, 7) is 5.66. The van der Waals surface area contributed by atoms with Gasteiger partial charge in [0.15, 0.2) is 5.69 Å². The molecule has 0 fully saturated rings. The van der Waals surface area contributed by atoms with Crippen molar-refractivity contribution < 1.29 is 9.59 Å². The minimum absolute atomic E-state index is 0.143. The van der Waals surface area contributed by atoms with E-state index in [1.165, 1.54) is 4.68 Å². The molecular weight excluding hydrogens is 280 g/mol. The summed E-state index contributed by atoms with van der Waals surface area (Å²) in [5, 5.41) is 9.69. The Kier molecular flexibility index (Phi) is 5.08. The molecule has 0 aliphatic carbocycles. The van der Waals surface area contributed by atoms with Crippen molar-refractivity contribution in [2.45, 2.75) is 13.3 Å². The lowest BCUT2D eigenvalue weighted by molar-refractivity contribution is -0.115.